The summed E-state index contributed by atoms with van der Waals surface area (Å²) in [4.78, 5) is 2.59. The normalized spacial score (nSPS) is 25.2. The van der Waals surface area contributed by atoms with Crippen LogP contribution in [0.4, 0.5) is 0 Å². The van der Waals surface area contributed by atoms with Gasteiger partial charge >= 0.3 is 0 Å². The Morgan fingerprint density at radius 2 is 2.14 bits per heavy atom. The van der Waals surface area contributed by atoms with E-state index in [1.54, 1.807) is 0 Å². The number of halogens is 1. The number of nitrogens with zero attached hydrogens (tertiary/aromatic N) is 3. The number of hydrogen-bond acceptors (Lipinski definition) is 3. The van der Waals surface area contributed by atoms with Crippen molar-refractivity contribution in [3.05, 3.63) is 16.4 Å². The molecule has 3 atom stereocenters. The molecule has 0 spiro atoms. The van der Waals surface area contributed by atoms with Gasteiger partial charge in [0.1, 0.15) is 0 Å². The van der Waals surface area contributed by atoms with Gasteiger partial charge in [-0.05, 0) is 26.7 Å². The van der Waals surface area contributed by atoms with Crippen molar-refractivity contribution in [3.8, 4) is 0 Å². The molecule has 0 aliphatic carbocycles. The first-order valence-corrected chi connectivity index (χ1v) is 8.54. The Morgan fingerprint density at radius 3 is 2.76 bits per heavy atom. The third-order valence-corrected chi connectivity index (χ3v) is 5.25. The minimum absolute atomic E-state index is 0.531. The standard InChI is InChI=1S/C16H29ClN4/c1-6-11(3)14-8-18-12(4)9-20(14)10-15-16(17)13(5)19-21(15)7-2/h11-12,14,18H,6-10H2,1-5H3. The minimum atomic E-state index is 0.531. The van der Waals surface area contributed by atoms with E-state index in [2.05, 4.69) is 47.7 Å². The van der Waals surface area contributed by atoms with Gasteiger partial charge in [0.2, 0.25) is 0 Å². The highest BCUT2D eigenvalue weighted by molar-refractivity contribution is 6.31. The van der Waals surface area contributed by atoms with Gasteiger partial charge in [-0.2, -0.15) is 5.10 Å². The first-order valence-electron chi connectivity index (χ1n) is 8.17. The van der Waals surface area contributed by atoms with Crippen molar-refractivity contribution in [1.82, 2.24) is 20.0 Å². The topological polar surface area (TPSA) is 33.1 Å². The van der Waals surface area contributed by atoms with Crippen LogP contribution in [0, 0.1) is 12.8 Å². The molecular weight excluding hydrogens is 284 g/mol. The van der Waals surface area contributed by atoms with E-state index in [1.807, 2.05) is 6.92 Å². The summed E-state index contributed by atoms with van der Waals surface area (Å²) in [6.07, 6.45) is 1.21. The molecule has 1 saturated heterocycles. The van der Waals surface area contributed by atoms with Gasteiger partial charge < -0.3 is 5.32 Å². The van der Waals surface area contributed by atoms with Crippen molar-refractivity contribution in [1.29, 1.82) is 0 Å². The molecular formula is C16H29ClN4. The van der Waals surface area contributed by atoms with Gasteiger partial charge in [0, 0.05) is 38.3 Å². The number of hydrogen-bond donors (Lipinski definition) is 1. The second kappa shape index (κ2) is 7.12. The van der Waals surface area contributed by atoms with Gasteiger partial charge in [-0.25, -0.2) is 0 Å². The van der Waals surface area contributed by atoms with Crippen LogP contribution >= 0.6 is 11.6 Å². The molecule has 0 saturated carbocycles. The van der Waals surface area contributed by atoms with E-state index in [1.165, 1.54) is 12.1 Å². The zero-order valence-electron chi connectivity index (χ0n) is 14.0. The predicted octanol–water partition coefficient (Wildman–Crippen LogP) is 3.07. The van der Waals surface area contributed by atoms with Gasteiger partial charge in [-0.15, -0.1) is 0 Å². The van der Waals surface area contributed by atoms with Crippen LogP contribution in [0.2, 0.25) is 5.02 Å². The van der Waals surface area contributed by atoms with Gasteiger partial charge in [0.15, 0.2) is 0 Å². The van der Waals surface area contributed by atoms with Crippen LogP contribution < -0.4 is 5.32 Å². The summed E-state index contributed by atoms with van der Waals surface area (Å²) >= 11 is 6.48. The molecule has 0 radical (unpaired) electrons. The number of rotatable bonds is 5. The van der Waals surface area contributed by atoms with Crippen LogP contribution in [0.25, 0.3) is 0 Å². The van der Waals surface area contributed by atoms with Crippen molar-refractivity contribution in [2.24, 2.45) is 5.92 Å². The summed E-state index contributed by atoms with van der Waals surface area (Å²) in [7, 11) is 0. The van der Waals surface area contributed by atoms with Crippen LogP contribution in [0.1, 0.15) is 45.5 Å². The molecule has 1 N–H and O–H groups in total. The molecule has 1 aliphatic heterocycles. The zero-order chi connectivity index (χ0) is 15.6. The summed E-state index contributed by atoms with van der Waals surface area (Å²) in [5, 5.41) is 9.00. The SMILES string of the molecule is CCC(C)C1CNC(C)CN1Cc1c(Cl)c(C)nn1CC. The van der Waals surface area contributed by atoms with E-state index in [0.29, 0.717) is 18.0 Å². The molecule has 2 heterocycles. The Bertz CT molecular complexity index is 471. The lowest BCUT2D eigenvalue weighted by atomic mass is 9.94. The molecule has 1 aromatic heterocycles. The van der Waals surface area contributed by atoms with Crippen LogP contribution in [0.5, 0.6) is 0 Å². The van der Waals surface area contributed by atoms with E-state index in [9.17, 15) is 0 Å². The largest absolute Gasteiger partial charge is 0.311 e. The quantitative estimate of drug-likeness (QED) is 0.907. The third kappa shape index (κ3) is 3.61. The zero-order valence-corrected chi connectivity index (χ0v) is 14.7. The van der Waals surface area contributed by atoms with Crippen molar-refractivity contribution in [2.45, 2.75) is 66.2 Å². The number of aromatic nitrogens is 2. The fourth-order valence-electron chi connectivity index (χ4n) is 3.23. The molecule has 4 nitrogen and oxygen atoms in total. The van der Waals surface area contributed by atoms with Gasteiger partial charge in [0.05, 0.1) is 16.4 Å². The molecule has 0 amide bonds. The Kier molecular flexibility index (Phi) is 5.69. The highest BCUT2D eigenvalue weighted by Crippen LogP contribution is 2.26. The summed E-state index contributed by atoms with van der Waals surface area (Å²) in [5.41, 5.74) is 2.11. The molecule has 1 aliphatic rings. The van der Waals surface area contributed by atoms with Crippen LogP contribution in [0.15, 0.2) is 0 Å². The van der Waals surface area contributed by atoms with Crippen molar-refractivity contribution >= 4 is 11.6 Å². The lowest BCUT2D eigenvalue weighted by Gasteiger charge is -2.42. The van der Waals surface area contributed by atoms with E-state index in [-0.39, 0.29) is 0 Å². The second-order valence-corrected chi connectivity index (χ2v) is 6.73. The van der Waals surface area contributed by atoms with Crippen LogP contribution in [-0.4, -0.2) is 39.9 Å². The molecule has 2 rings (SSSR count). The maximum absolute atomic E-state index is 6.48. The Balaban J connectivity index is 2.22. The van der Waals surface area contributed by atoms with Gasteiger partial charge in [0.25, 0.3) is 0 Å². The van der Waals surface area contributed by atoms with E-state index < -0.39 is 0 Å². The molecule has 1 fully saturated rings. The highest BCUT2D eigenvalue weighted by atomic mass is 35.5. The fourth-order valence-corrected chi connectivity index (χ4v) is 3.43. The Labute approximate surface area is 133 Å². The van der Waals surface area contributed by atoms with E-state index in [4.69, 9.17) is 11.6 Å². The lowest BCUT2D eigenvalue weighted by Crippen LogP contribution is -2.57. The van der Waals surface area contributed by atoms with Crippen LogP contribution in [-0.2, 0) is 13.1 Å². The molecule has 21 heavy (non-hydrogen) atoms. The van der Waals surface area contributed by atoms with Gasteiger partial charge in [-0.3, -0.25) is 9.58 Å². The smallest absolute Gasteiger partial charge is 0.0860 e. The Morgan fingerprint density at radius 1 is 1.43 bits per heavy atom. The van der Waals surface area contributed by atoms with E-state index >= 15 is 0 Å². The van der Waals surface area contributed by atoms with Crippen molar-refractivity contribution in [3.63, 3.8) is 0 Å². The fraction of sp³-hybridized carbons (Fsp3) is 0.812. The molecule has 120 valence electrons. The van der Waals surface area contributed by atoms with Crippen molar-refractivity contribution in [2.75, 3.05) is 13.1 Å². The molecule has 0 aromatic carbocycles. The Hall–Kier alpha value is -0.580. The van der Waals surface area contributed by atoms with Gasteiger partial charge in [-0.1, -0.05) is 31.9 Å². The first kappa shape index (κ1) is 16.8. The molecule has 1 aromatic rings. The lowest BCUT2D eigenvalue weighted by molar-refractivity contribution is 0.0858. The molecule has 5 heteroatoms. The summed E-state index contributed by atoms with van der Waals surface area (Å²) < 4.78 is 2.05. The third-order valence-electron chi connectivity index (χ3n) is 4.76. The number of piperazine rings is 1. The monoisotopic (exact) mass is 312 g/mol. The molecule has 3 unspecified atom stereocenters. The first-order chi connectivity index (χ1) is 9.97. The van der Waals surface area contributed by atoms with Crippen molar-refractivity contribution < 1.29 is 0 Å². The highest BCUT2D eigenvalue weighted by Gasteiger charge is 2.30. The number of nitrogens with one attached hydrogen (secondary N) is 1. The van der Waals surface area contributed by atoms with E-state index in [0.717, 1.165) is 36.9 Å². The average molecular weight is 313 g/mol. The predicted molar refractivity (Wildman–Crippen MR) is 88.8 cm³/mol. The maximum atomic E-state index is 6.48. The summed E-state index contributed by atoms with van der Waals surface area (Å²) in [6.45, 7) is 14.9. The molecule has 0 bridgehead atoms. The maximum Gasteiger partial charge on any atom is 0.0860 e. The minimum Gasteiger partial charge on any atom is -0.311 e. The summed E-state index contributed by atoms with van der Waals surface area (Å²) in [6, 6.07) is 1.10. The summed E-state index contributed by atoms with van der Waals surface area (Å²) in [5.74, 6) is 0.683. The number of aryl methyl sites for hydroxylation is 2. The second-order valence-electron chi connectivity index (χ2n) is 6.35. The van der Waals surface area contributed by atoms with Crippen LogP contribution in [0.3, 0.4) is 0 Å². The average Bonchev–Trinajstić information content (AvgIpc) is 2.74.